The lowest BCUT2D eigenvalue weighted by Crippen LogP contribution is -2.43. The van der Waals surface area contributed by atoms with Gasteiger partial charge in [0.2, 0.25) is 6.29 Å². The molecule has 3 unspecified atom stereocenters. The maximum absolute atomic E-state index is 13.2. The van der Waals surface area contributed by atoms with Gasteiger partial charge in [0.1, 0.15) is 0 Å². The number of carbonyl (C=O) groups is 2. The van der Waals surface area contributed by atoms with Crippen LogP contribution in [-0.2, 0) is 19.0 Å². The molecule has 2 bridgehead atoms. The Bertz CT molecular complexity index is 866. The number of esters is 1. The van der Waals surface area contributed by atoms with Crippen LogP contribution in [0.1, 0.15) is 67.3 Å². The van der Waals surface area contributed by atoms with E-state index in [1.807, 2.05) is 25.1 Å². The minimum absolute atomic E-state index is 0.0693. The van der Waals surface area contributed by atoms with Gasteiger partial charge in [-0.05, 0) is 74.6 Å². The number of methoxy groups -OCH3 is 1. The first-order valence-corrected chi connectivity index (χ1v) is 12.1. The van der Waals surface area contributed by atoms with Crippen molar-refractivity contribution in [2.75, 3.05) is 20.3 Å². The van der Waals surface area contributed by atoms with Crippen LogP contribution >= 0.6 is 0 Å². The maximum atomic E-state index is 13.2. The highest BCUT2D eigenvalue weighted by Gasteiger charge is 2.42. The molecule has 2 aliphatic carbocycles. The molecule has 1 aliphatic heterocycles. The Balaban J connectivity index is 1.59. The van der Waals surface area contributed by atoms with Gasteiger partial charge < -0.3 is 24.6 Å². The Kier molecular flexibility index (Phi) is 7.71. The third kappa shape index (κ3) is 5.25. The van der Waals surface area contributed by atoms with Gasteiger partial charge in [-0.2, -0.15) is 0 Å². The average Bonchev–Trinajstić information content (AvgIpc) is 3.46. The molecule has 7 nitrogen and oxygen atoms in total. The standard InChI is InChI=1S/C26H35NO6/c1-3-32-26-20(5-4-12-28)21(17-8-10-18(11-9-17)25(30)31-2)15-23(33-26)24(29)27-22-14-16-6-7-19(22)13-16/h8-11,15-16,19-22,26,28H,3-7,12-14H2,1-2H3,(H,27,29)/t16?,19?,20-,21+,22?,26+/m1/s1. The number of carbonyl (C=O) groups excluding carboxylic acids is 2. The average molecular weight is 458 g/mol. The number of ether oxygens (including phenoxy) is 3. The molecule has 0 aromatic heterocycles. The van der Waals surface area contributed by atoms with Crippen LogP contribution < -0.4 is 5.32 Å². The molecular weight excluding hydrogens is 422 g/mol. The van der Waals surface area contributed by atoms with Gasteiger partial charge in [-0.25, -0.2) is 4.79 Å². The number of amides is 1. The minimum atomic E-state index is -0.586. The molecule has 1 amide bonds. The van der Waals surface area contributed by atoms with Crippen molar-refractivity contribution in [1.82, 2.24) is 5.32 Å². The lowest BCUT2D eigenvalue weighted by atomic mass is 9.80. The quantitative estimate of drug-likeness (QED) is 0.551. The van der Waals surface area contributed by atoms with Gasteiger partial charge in [0.05, 0.1) is 12.7 Å². The monoisotopic (exact) mass is 457 g/mol. The summed E-state index contributed by atoms with van der Waals surface area (Å²) in [6, 6.07) is 7.46. The lowest BCUT2D eigenvalue weighted by Gasteiger charge is -2.37. The number of aliphatic hydroxyl groups excluding tert-OH is 1. The minimum Gasteiger partial charge on any atom is -0.465 e. The summed E-state index contributed by atoms with van der Waals surface area (Å²) in [5, 5.41) is 12.6. The molecule has 4 rings (SSSR count). The smallest absolute Gasteiger partial charge is 0.337 e. The molecule has 0 radical (unpaired) electrons. The number of rotatable bonds is 9. The summed E-state index contributed by atoms with van der Waals surface area (Å²) in [7, 11) is 1.36. The number of nitrogens with one attached hydrogen (secondary N) is 1. The largest absolute Gasteiger partial charge is 0.465 e. The normalized spacial score (nSPS) is 30.5. The Labute approximate surface area is 195 Å². The fourth-order valence-corrected chi connectivity index (χ4v) is 5.77. The second kappa shape index (κ2) is 10.7. The van der Waals surface area contributed by atoms with Crippen molar-refractivity contribution in [3.05, 3.63) is 47.2 Å². The summed E-state index contributed by atoms with van der Waals surface area (Å²) < 4.78 is 16.8. The fraction of sp³-hybridized carbons (Fsp3) is 0.615. The van der Waals surface area contributed by atoms with E-state index in [2.05, 4.69) is 5.32 Å². The van der Waals surface area contributed by atoms with Crippen molar-refractivity contribution in [3.63, 3.8) is 0 Å². The van der Waals surface area contributed by atoms with Crippen LogP contribution in [-0.4, -0.2) is 49.6 Å². The second-order valence-corrected chi connectivity index (χ2v) is 9.40. The topological polar surface area (TPSA) is 94.1 Å². The molecule has 0 spiro atoms. The predicted octanol–water partition coefficient (Wildman–Crippen LogP) is 3.53. The van der Waals surface area contributed by atoms with E-state index in [1.54, 1.807) is 12.1 Å². The molecule has 1 aromatic carbocycles. The van der Waals surface area contributed by atoms with E-state index >= 15 is 0 Å². The van der Waals surface area contributed by atoms with Crippen molar-refractivity contribution in [2.45, 2.75) is 63.7 Å². The summed E-state index contributed by atoms with van der Waals surface area (Å²) in [6.45, 7) is 2.43. The zero-order chi connectivity index (χ0) is 23.4. The highest BCUT2D eigenvalue weighted by molar-refractivity contribution is 5.92. The van der Waals surface area contributed by atoms with Crippen LogP contribution in [0.2, 0.25) is 0 Å². The summed E-state index contributed by atoms with van der Waals surface area (Å²) in [4.78, 5) is 25.0. The number of allylic oxidation sites excluding steroid dienone is 1. The third-order valence-corrected chi connectivity index (χ3v) is 7.41. The predicted molar refractivity (Wildman–Crippen MR) is 122 cm³/mol. The van der Waals surface area contributed by atoms with Crippen molar-refractivity contribution in [3.8, 4) is 0 Å². The third-order valence-electron chi connectivity index (χ3n) is 7.41. The Morgan fingerprint density at radius 1 is 1.18 bits per heavy atom. The molecule has 7 heteroatoms. The van der Waals surface area contributed by atoms with Gasteiger partial charge in [-0.15, -0.1) is 0 Å². The van der Waals surface area contributed by atoms with Gasteiger partial charge in [0.15, 0.2) is 5.76 Å². The molecule has 0 saturated heterocycles. The van der Waals surface area contributed by atoms with Gasteiger partial charge in [-0.1, -0.05) is 18.6 Å². The molecule has 2 fully saturated rings. The number of hydrogen-bond donors (Lipinski definition) is 2. The van der Waals surface area contributed by atoms with E-state index in [0.29, 0.717) is 36.7 Å². The number of aliphatic hydroxyl groups is 1. The first kappa shape index (κ1) is 23.8. The van der Waals surface area contributed by atoms with Crippen molar-refractivity contribution in [2.24, 2.45) is 17.8 Å². The molecule has 3 aliphatic rings. The van der Waals surface area contributed by atoms with Crippen molar-refractivity contribution >= 4 is 11.9 Å². The maximum Gasteiger partial charge on any atom is 0.337 e. The number of benzene rings is 1. The SMILES string of the molecule is CCO[C@H]1OC(C(=O)NC2CC3CCC2C3)=C[C@@H](c2ccc(C(=O)OC)cc2)[C@H]1CCCO. The van der Waals surface area contributed by atoms with Gasteiger partial charge in [0, 0.05) is 31.1 Å². The van der Waals surface area contributed by atoms with E-state index in [0.717, 1.165) is 17.9 Å². The molecule has 2 saturated carbocycles. The van der Waals surface area contributed by atoms with Crippen LogP contribution in [0.3, 0.4) is 0 Å². The Hall–Kier alpha value is -2.38. The fourth-order valence-electron chi connectivity index (χ4n) is 5.77. The van der Waals surface area contributed by atoms with E-state index in [-0.39, 0.29) is 36.4 Å². The zero-order valence-electron chi connectivity index (χ0n) is 19.5. The van der Waals surface area contributed by atoms with E-state index in [9.17, 15) is 14.7 Å². The van der Waals surface area contributed by atoms with E-state index < -0.39 is 6.29 Å². The first-order valence-electron chi connectivity index (χ1n) is 12.1. The number of fused-ring (bicyclic) bond motifs is 2. The molecule has 1 aromatic rings. The van der Waals surface area contributed by atoms with Crippen LogP contribution in [0.25, 0.3) is 0 Å². The second-order valence-electron chi connectivity index (χ2n) is 9.40. The molecule has 2 N–H and O–H groups in total. The van der Waals surface area contributed by atoms with Crippen molar-refractivity contribution < 1.29 is 28.9 Å². The van der Waals surface area contributed by atoms with Gasteiger partial charge in [0.25, 0.3) is 5.91 Å². The molecule has 33 heavy (non-hydrogen) atoms. The molecular formula is C26H35NO6. The van der Waals surface area contributed by atoms with Crippen LogP contribution in [0, 0.1) is 17.8 Å². The summed E-state index contributed by atoms with van der Waals surface area (Å²) >= 11 is 0. The summed E-state index contributed by atoms with van der Waals surface area (Å²) in [6.07, 6.45) is 7.32. The van der Waals surface area contributed by atoms with E-state index in [1.165, 1.54) is 26.4 Å². The van der Waals surface area contributed by atoms with Crippen LogP contribution in [0.4, 0.5) is 0 Å². The summed E-state index contributed by atoms with van der Waals surface area (Å²) in [5.74, 6) is 0.812. The first-order chi connectivity index (χ1) is 16.0. The van der Waals surface area contributed by atoms with Crippen LogP contribution in [0.15, 0.2) is 36.1 Å². The highest BCUT2D eigenvalue weighted by atomic mass is 16.7. The van der Waals surface area contributed by atoms with Gasteiger partial charge >= 0.3 is 5.97 Å². The zero-order valence-corrected chi connectivity index (χ0v) is 19.5. The Morgan fingerprint density at radius 2 is 1.97 bits per heavy atom. The van der Waals surface area contributed by atoms with E-state index in [4.69, 9.17) is 14.2 Å². The molecule has 6 atom stereocenters. The highest BCUT2D eigenvalue weighted by Crippen LogP contribution is 2.45. The van der Waals surface area contributed by atoms with Gasteiger partial charge in [-0.3, -0.25) is 4.79 Å². The van der Waals surface area contributed by atoms with Crippen LogP contribution in [0.5, 0.6) is 0 Å². The Morgan fingerprint density at radius 3 is 2.58 bits per heavy atom. The molecule has 1 heterocycles. The van der Waals surface area contributed by atoms with Crippen molar-refractivity contribution in [1.29, 1.82) is 0 Å². The number of hydrogen-bond acceptors (Lipinski definition) is 6. The lowest BCUT2D eigenvalue weighted by molar-refractivity contribution is -0.167. The summed E-state index contributed by atoms with van der Waals surface area (Å²) in [5.41, 5.74) is 1.43. The molecule has 180 valence electrons.